The van der Waals surface area contributed by atoms with Gasteiger partial charge in [0.15, 0.2) is 0 Å². The summed E-state index contributed by atoms with van der Waals surface area (Å²) in [6.07, 6.45) is 2.15. The molecule has 0 aliphatic carbocycles. The smallest absolute Gasteiger partial charge is 0.251 e. The zero-order chi connectivity index (χ0) is 19.5. The van der Waals surface area contributed by atoms with Gasteiger partial charge in [-0.05, 0) is 43.5 Å². The van der Waals surface area contributed by atoms with Crippen molar-refractivity contribution in [2.75, 3.05) is 13.1 Å². The molecule has 1 aliphatic rings. The molecule has 0 spiro atoms. The number of fused-ring (bicyclic) bond motifs is 1. The van der Waals surface area contributed by atoms with Gasteiger partial charge in [-0.25, -0.2) is 4.98 Å². The molecule has 144 valence electrons. The average Bonchev–Trinajstić information content (AvgIpc) is 3.34. The van der Waals surface area contributed by atoms with Crippen molar-refractivity contribution in [3.63, 3.8) is 0 Å². The second-order valence-corrected chi connectivity index (χ2v) is 7.21. The second-order valence-electron chi connectivity index (χ2n) is 7.21. The van der Waals surface area contributed by atoms with Crippen LogP contribution in [0.3, 0.4) is 0 Å². The predicted octanol–water partition coefficient (Wildman–Crippen LogP) is 3.35. The molecule has 0 bridgehead atoms. The van der Waals surface area contributed by atoms with Gasteiger partial charge in [-0.3, -0.25) is 9.59 Å². The lowest BCUT2D eigenvalue weighted by Gasteiger charge is -2.23. The fraction of sp³-hybridized carbons (Fsp3) is 0.318. The maximum absolute atomic E-state index is 12.8. The first-order valence-electron chi connectivity index (χ1n) is 9.71. The Labute approximate surface area is 164 Å². The van der Waals surface area contributed by atoms with Crippen molar-refractivity contribution in [2.24, 2.45) is 0 Å². The number of hydrogen-bond acceptors (Lipinski definition) is 3. The van der Waals surface area contributed by atoms with E-state index >= 15 is 0 Å². The van der Waals surface area contributed by atoms with Gasteiger partial charge in [-0.2, -0.15) is 0 Å². The van der Waals surface area contributed by atoms with Crippen LogP contribution in [0.2, 0.25) is 0 Å². The quantitative estimate of drug-likeness (QED) is 0.717. The predicted molar refractivity (Wildman–Crippen MR) is 108 cm³/mol. The normalized spacial score (nSPS) is 16.5. The van der Waals surface area contributed by atoms with E-state index in [9.17, 15) is 9.59 Å². The number of hydrogen-bond donors (Lipinski definition) is 2. The van der Waals surface area contributed by atoms with E-state index in [0.717, 1.165) is 41.8 Å². The third kappa shape index (κ3) is 3.63. The Kier molecular flexibility index (Phi) is 5.10. The number of likely N-dealkylation sites (tertiary alicyclic amines) is 1. The molecule has 0 saturated carbocycles. The number of imidazole rings is 1. The number of H-pyrrole nitrogens is 1. The highest BCUT2D eigenvalue weighted by atomic mass is 16.2. The Morgan fingerprint density at radius 1 is 1.18 bits per heavy atom. The molecular weight excluding hydrogens is 352 g/mol. The first kappa shape index (κ1) is 18.2. The lowest BCUT2D eigenvalue weighted by molar-refractivity contribution is -0.132. The fourth-order valence-electron chi connectivity index (χ4n) is 3.83. The second kappa shape index (κ2) is 7.84. The molecule has 6 nitrogen and oxygen atoms in total. The minimum Gasteiger partial charge on any atom is -0.352 e. The summed E-state index contributed by atoms with van der Waals surface area (Å²) in [4.78, 5) is 35.0. The van der Waals surface area contributed by atoms with Crippen LogP contribution in [0.4, 0.5) is 0 Å². The monoisotopic (exact) mass is 376 g/mol. The number of para-hydroxylation sites is 2. The average molecular weight is 376 g/mol. The third-order valence-corrected chi connectivity index (χ3v) is 5.31. The summed E-state index contributed by atoms with van der Waals surface area (Å²) in [5.74, 6) is 0.755. The SMILES string of the molecule is Cc1ccccc1C(=O)NCCC(=O)N1CCC[C@@H]1c1nc2ccccc2[nH]1. The van der Waals surface area contributed by atoms with Crippen molar-refractivity contribution >= 4 is 22.8 Å². The standard InChI is InChI=1S/C22H24N4O2/c1-15-7-2-3-8-16(15)22(28)23-13-12-20(27)26-14-6-11-19(26)21-24-17-9-4-5-10-18(17)25-21/h2-5,7-10,19H,6,11-14H2,1H3,(H,23,28)(H,24,25)/t19-/m1/s1. The molecule has 2 N–H and O–H groups in total. The molecule has 0 radical (unpaired) electrons. The highest BCUT2D eigenvalue weighted by Gasteiger charge is 2.31. The number of rotatable bonds is 5. The number of nitrogens with zero attached hydrogens (tertiary/aromatic N) is 2. The highest BCUT2D eigenvalue weighted by molar-refractivity contribution is 5.95. The van der Waals surface area contributed by atoms with E-state index in [0.29, 0.717) is 12.1 Å². The molecule has 1 saturated heterocycles. The van der Waals surface area contributed by atoms with E-state index in [-0.39, 0.29) is 24.3 Å². The minimum absolute atomic E-state index is 0.0213. The van der Waals surface area contributed by atoms with Crippen LogP contribution in [-0.4, -0.2) is 39.8 Å². The summed E-state index contributed by atoms with van der Waals surface area (Å²) in [6, 6.07) is 15.3. The molecular formula is C22H24N4O2. The van der Waals surface area contributed by atoms with Crippen LogP contribution < -0.4 is 5.32 Å². The summed E-state index contributed by atoms with van der Waals surface area (Å²) in [5.41, 5.74) is 3.48. The number of aromatic nitrogens is 2. The molecule has 3 aromatic rings. The molecule has 28 heavy (non-hydrogen) atoms. The molecule has 1 aromatic heterocycles. The Bertz CT molecular complexity index is 977. The fourth-order valence-corrected chi connectivity index (χ4v) is 3.83. The summed E-state index contributed by atoms with van der Waals surface area (Å²) >= 11 is 0. The lowest BCUT2D eigenvalue weighted by Crippen LogP contribution is -2.34. The summed E-state index contributed by atoms with van der Waals surface area (Å²) < 4.78 is 0. The van der Waals surface area contributed by atoms with Crippen molar-refractivity contribution in [3.05, 3.63) is 65.5 Å². The van der Waals surface area contributed by atoms with Gasteiger partial charge in [0.25, 0.3) is 5.91 Å². The van der Waals surface area contributed by atoms with Gasteiger partial charge >= 0.3 is 0 Å². The Balaban J connectivity index is 1.37. The molecule has 0 unspecified atom stereocenters. The Morgan fingerprint density at radius 3 is 2.79 bits per heavy atom. The van der Waals surface area contributed by atoms with Gasteiger partial charge in [0.05, 0.1) is 17.1 Å². The molecule has 2 heterocycles. The van der Waals surface area contributed by atoms with Crippen LogP contribution in [0, 0.1) is 6.92 Å². The van der Waals surface area contributed by atoms with Crippen molar-refractivity contribution in [1.29, 1.82) is 0 Å². The molecule has 1 fully saturated rings. The zero-order valence-corrected chi connectivity index (χ0v) is 15.9. The maximum Gasteiger partial charge on any atom is 0.251 e. The number of aromatic amines is 1. The van der Waals surface area contributed by atoms with Gasteiger partial charge in [-0.1, -0.05) is 30.3 Å². The Hall–Kier alpha value is -3.15. The summed E-state index contributed by atoms with van der Waals surface area (Å²) in [7, 11) is 0. The number of nitrogens with one attached hydrogen (secondary N) is 2. The van der Waals surface area contributed by atoms with Crippen LogP contribution >= 0.6 is 0 Å². The topological polar surface area (TPSA) is 78.1 Å². The minimum atomic E-state index is -0.138. The summed E-state index contributed by atoms with van der Waals surface area (Å²) in [5, 5.41) is 2.86. The highest BCUT2D eigenvalue weighted by Crippen LogP contribution is 2.31. The molecule has 6 heteroatoms. The van der Waals surface area contributed by atoms with Crippen LogP contribution in [0.15, 0.2) is 48.5 Å². The van der Waals surface area contributed by atoms with E-state index in [1.165, 1.54) is 0 Å². The van der Waals surface area contributed by atoms with Crippen LogP contribution in [-0.2, 0) is 4.79 Å². The van der Waals surface area contributed by atoms with E-state index in [4.69, 9.17) is 0 Å². The van der Waals surface area contributed by atoms with Crippen LogP contribution in [0.25, 0.3) is 11.0 Å². The third-order valence-electron chi connectivity index (χ3n) is 5.31. The van der Waals surface area contributed by atoms with Crippen molar-refractivity contribution < 1.29 is 9.59 Å². The van der Waals surface area contributed by atoms with E-state index in [1.807, 2.05) is 54.3 Å². The number of aryl methyl sites for hydroxylation is 1. The van der Waals surface area contributed by atoms with E-state index in [2.05, 4.69) is 15.3 Å². The largest absolute Gasteiger partial charge is 0.352 e. The first-order chi connectivity index (χ1) is 13.6. The summed E-state index contributed by atoms with van der Waals surface area (Å²) in [6.45, 7) is 2.96. The zero-order valence-electron chi connectivity index (χ0n) is 15.9. The lowest BCUT2D eigenvalue weighted by atomic mass is 10.1. The molecule has 4 rings (SSSR count). The van der Waals surface area contributed by atoms with Crippen LogP contribution in [0.1, 0.15) is 47.1 Å². The molecule has 2 aromatic carbocycles. The molecule has 1 atom stereocenters. The van der Waals surface area contributed by atoms with E-state index in [1.54, 1.807) is 6.07 Å². The van der Waals surface area contributed by atoms with Gasteiger partial charge < -0.3 is 15.2 Å². The first-order valence-corrected chi connectivity index (χ1v) is 9.71. The van der Waals surface area contributed by atoms with Crippen LogP contribution in [0.5, 0.6) is 0 Å². The molecule has 2 amide bonds. The van der Waals surface area contributed by atoms with E-state index < -0.39 is 0 Å². The maximum atomic E-state index is 12.8. The van der Waals surface area contributed by atoms with Crippen molar-refractivity contribution in [3.8, 4) is 0 Å². The van der Waals surface area contributed by atoms with Crippen molar-refractivity contribution in [1.82, 2.24) is 20.2 Å². The number of carbonyl (C=O) groups is 2. The number of carbonyl (C=O) groups excluding carboxylic acids is 2. The van der Waals surface area contributed by atoms with Gasteiger partial charge in [0.2, 0.25) is 5.91 Å². The van der Waals surface area contributed by atoms with Gasteiger partial charge in [0.1, 0.15) is 5.82 Å². The number of benzene rings is 2. The van der Waals surface area contributed by atoms with Gasteiger partial charge in [-0.15, -0.1) is 0 Å². The van der Waals surface area contributed by atoms with Gasteiger partial charge in [0, 0.05) is 25.1 Å². The Morgan fingerprint density at radius 2 is 1.96 bits per heavy atom. The number of amides is 2. The van der Waals surface area contributed by atoms with Crippen molar-refractivity contribution in [2.45, 2.75) is 32.2 Å². The molecule has 1 aliphatic heterocycles.